The van der Waals surface area contributed by atoms with Gasteiger partial charge in [-0.1, -0.05) is 13.8 Å². The van der Waals surface area contributed by atoms with Crippen LogP contribution in [0.25, 0.3) is 0 Å². The Hall–Kier alpha value is -0.890. The second-order valence-electron chi connectivity index (χ2n) is 4.05. The first-order chi connectivity index (χ1) is 5.94. The molecule has 1 heterocycles. The van der Waals surface area contributed by atoms with Crippen molar-refractivity contribution < 1.29 is 9.67 Å². The summed E-state index contributed by atoms with van der Waals surface area (Å²) in [6, 6.07) is 3.92. The Morgan fingerprint density at radius 1 is 1.31 bits per heavy atom. The first kappa shape index (κ1) is 10.2. The van der Waals surface area contributed by atoms with Crippen molar-refractivity contribution >= 4 is 0 Å². The second kappa shape index (κ2) is 3.46. The molecule has 0 fully saturated rings. The Kier molecular flexibility index (Phi) is 2.71. The molecule has 13 heavy (non-hydrogen) atoms. The summed E-state index contributed by atoms with van der Waals surface area (Å²) in [5, 5.41) is 10.1. The van der Waals surface area contributed by atoms with Gasteiger partial charge in [0.1, 0.15) is 7.05 Å². The van der Waals surface area contributed by atoms with Crippen molar-refractivity contribution in [2.24, 2.45) is 13.0 Å². The van der Waals surface area contributed by atoms with E-state index in [-0.39, 0.29) is 5.92 Å². The van der Waals surface area contributed by atoms with Crippen molar-refractivity contribution in [3.63, 3.8) is 0 Å². The minimum atomic E-state index is -0.728. The Labute approximate surface area is 79.8 Å². The van der Waals surface area contributed by atoms with Crippen LogP contribution in [0.4, 0.5) is 0 Å². The lowest BCUT2D eigenvalue weighted by Gasteiger charge is -2.27. The molecule has 1 unspecified atom stereocenters. The van der Waals surface area contributed by atoms with Crippen LogP contribution in [0.5, 0.6) is 0 Å². The molecule has 0 saturated heterocycles. The minimum absolute atomic E-state index is 0.222. The average molecular weight is 180 g/mol. The van der Waals surface area contributed by atoms with Gasteiger partial charge in [0.2, 0.25) is 0 Å². The minimum Gasteiger partial charge on any atom is -0.385 e. The number of aromatic nitrogens is 1. The molecule has 0 bridgehead atoms. The summed E-state index contributed by atoms with van der Waals surface area (Å²) in [6.07, 6.45) is 3.90. The van der Waals surface area contributed by atoms with Crippen molar-refractivity contribution in [1.82, 2.24) is 0 Å². The smallest absolute Gasteiger partial charge is 0.168 e. The molecule has 2 nitrogen and oxygen atoms in total. The molecular formula is C11H18NO+. The zero-order chi connectivity index (χ0) is 10.1. The lowest BCUT2D eigenvalue weighted by atomic mass is 9.86. The molecular weight excluding hydrogens is 162 g/mol. The van der Waals surface area contributed by atoms with Gasteiger partial charge in [0.05, 0.1) is 5.60 Å². The van der Waals surface area contributed by atoms with Gasteiger partial charge in [-0.15, -0.1) is 0 Å². The Morgan fingerprint density at radius 2 is 1.77 bits per heavy atom. The van der Waals surface area contributed by atoms with E-state index in [0.717, 1.165) is 5.56 Å². The molecule has 0 aliphatic heterocycles. The molecule has 1 aromatic heterocycles. The SMILES string of the molecule is CC(C)C(C)(O)c1cc[n+](C)cc1. The summed E-state index contributed by atoms with van der Waals surface area (Å²) in [5.41, 5.74) is 0.245. The summed E-state index contributed by atoms with van der Waals surface area (Å²) in [7, 11) is 1.97. The number of aryl methyl sites for hydroxylation is 1. The van der Waals surface area contributed by atoms with Gasteiger partial charge >= 0.3 is 0 Å². The Balaban J connectivity index is 3.01. The largest absolute Gasteiger partial charge is 0.385 e. The first-order valence-electron chi connectivity index (χ1n) is 4.62. The summed E-state index contributed by atoms with van der Waals surface area (Å²) in [6.45, 7) is 5.90. The number of pyridine rings is 1. The van der Waals surface area contributed by atoms with Crippen molar-refractivity contribution in [3.8, 4) is 0 Å². The molecule has 72 valence electrons. The van der Waals surface area contributed by atoms with E-state index >= 15 is 0 Å². The van der Waals surface area contributed by atoms with E-state index in [2.05, 4.69) is 0 Å². The summed E-state index contributed by atoms with van der Waals surface area (Å²) >= 11 is 0. The monoisotopic (exact) mass is 180 g/mol. The lowest BCUT2D eigenvalue weighted by Crippen LogP contribution is -2.31. The second-order valence-corrected chi connectivity index (χ2v) is 4.05. The van der Waals surface area contributed by atoms with Crippen LogP contribution in [-0.2, 0) is 12.6 Å². The van der Waals surface area contributed by atoms with Gasteiger partial charge in [-0.25, -0.2) is 4.57 Å². The van der Waals surface area contributed by atoms with Crippen molar-refractivity contribution in [2.75, 3.05) is 0 Å². The van der Waals surface area contributed by atoms with E-state index in [0.29, 0.717) is 0 Å². The predicted molar refractivity (Wildman–Crippen MR) is 52.0 cm³/mol. The summed E-state index contributed by atoms with van der Waals surface area (Å²) in [4.78, 5) is 0. The van der Waals surface area contributed by atoms with Crippen molar-refractivity contribution in [2.45, 2.75) is 26.4 Å². The van der Waals surface area contributed by atoms with Crippen molar-refractivity contribution in [1.29, 1.82) is 0 Å². The van der Waals surface area contributed by atoms with E-state index in [1.54, 1.807) is 0 Å². The van der Waals surface area contributed by atoms with E-state index < -0.39 is 5.60 Å². The molecule has 0 aliphatic carbocycles. The fourth-order valence-corrected chi connectivity index (χ4v) is 1.17. The topological polar surface area (TPSA) is 24.1 Å². The van der Waals surface area contributed by atoms with E-state index in [9.17, 15) is 5.11 Å². The quantitative estimate of drug-likeness (QED) is 0.683. The molecule has 0 aliphatic rings. The number of hydrogen-bond acceptors (Lipinski definition) is 1. The van der Waals surface area contributed by atoms with Crippen LogP contribution in [-0.4, -0.2) is 5.11 Å². The number of nitrogens with zero attached hydrogens (tertiary/aromatic N) is 1. The summed E-state index contributed by atoms with van der Waals surface area (Å²) < 4.78 is 1.96. The molecule has 1 aromatic rings. The molecule has 1 N–H and O–H groups in total. The molecule has 0 spiro atoms. The van der Waals surface area contributed by atoms with Crippen LogP contribution >= 0.6 is 0 Å². The zero-order valence-corrected chi connectivity index (χ0v) is 8.78. The van der Waals surface area contributed by atoms with Crippen LogP contribution < -0.4 is 4.57 Å². The fraction of sp³-hybridized carbons (Fsp3) is 0.545. The normalized spacial score (nSPS) is 15.8. The zero-order valence-electron chi connectivity index (χ0n) is 8.78. The third kappa shape index (κ3) is 2.07. The van der Waals surface area contributed by atoms with Crippen LogP contribution in [0, 0.1) is 5.92 Å². The number of aliphatic hydroxyl groups is 1. The third-order valence-corrected chi connectivity index (χ3v) is 2.69. The molecule has 0 aromatic carbocycles. The van der Waals surface area contributed by atoms with Crippen LogP contribution in [0.1, 0.15) is 26.3 Å². The molecule has 2 heteroatoms. The fourth-order valence-electron chi connectivity index (χ4n) is 1.17. The van der Waals surface area contributed by atoms with Gasteiger partial charge in [0.25, 0.3) is 0 Å². The van der Waals surface area contributed by atoms with E-state index in [1.165, 1.54) is 0 Å². The van der Waals surface area contributed by atoms with E-state index in [1.807, 2.05) is 56.9 Å². The van der Waals surface area contributed by atoms with Crippen LogP contribution in [0.3, 0.4) is 0 Å². The van der Waals surface area contributed by atoms with Gasteiger partial charge < -0.3 is 5.11 Å². The van der Waals surface area contributed by atoms with Gasteiger partial charge in [0.15, 0.2) is 12.4 Å². The average Bonchev–Trinajstić information content (AvgIpc) is 2.04. The first-order valence-corrected chi connectivity index (χ1v) is 4.62. The maximum absolute atomic E-state index is 10.1. The van der Waals surface area contributed by atoms with Crippen LogP contribution in [0.2, 0.25) is 0 Å². The highest BCUT2D eigenvalue weighted by molar-refractivity contribution is 5.16. The van der Waals surface area contributed by atoms with E-state index in [4.69, 9.17) is 0 Å². The maximum Gasteiger partial charge on any atom is 0.168 e. The maximum atomic E-state index is 10.1. The number of hydrogen-bond donors (Lipinski definition) is 1. The third-order valence-electron chi connectivity index (χ3n) is 2.69. The summed E-state index contributed by atoms with van der Waals surface area (Å²) in [5.74, 6) is 0.222. The number of rotatable bonds is 2. The highest BCUT2D eigenvalue weighted by Gasteiger charge is 2.27. The Bertz CT molecular complexity index is 275. The molecule has 0 amide bonds. The highest BCUT2D eigenvalue weighted by atomic mass is 16.3. The van der Waals surface area contributed by atoms with Gasteiger partial charge in [0, 0.05) is 12.1 Å². The molecule has 1 atom stereocenters. The highest BCUT2D eigenvalue weighted by Crippen LogP contribution is 2.27. The van der Waals surface area contributed by atoms with Gasteiger partial charge in [-0.2, -0.15) is 0 Å². The van der Waals surface area contributed by atoms with Gasteiger partial charge in [-0.05, 0) is 18.4 Å². The Morgan fingerprint density at radius 3 is 2.15 bits per heavy atom. The van der Waals surface area contributed by atoms with Gasteiger partial charge in [-0.3, -0.25) is 0 Å². The lowest BCUT2D eigenvalue weighted by molar-refractivity contribution is -0.671. The molecule has 0 saturated carbocycles. The molecule has 0 radical (unpaired) electrons. The molecule has 1 rings (SSSR count). The van der Waals surface area contributed by atoms with Crippen molar-refractivity contribution in [3.05, 3.63) is 30.1 Å². The standard InChI is InChI=1S/C11H18NO/c1-9(2)11(3,13)10-5-7-12(4)8-6-10/h5-9,13H,1-4H3/q+1. The van der Waals surface area contributed by atoms with Crippen LogP contribution in [0.15, 0.2) is 24.5 Å². The predicted octanol–water partition coefficient (Wildman–Crippen LogP) is 1.37.